The van der Waals surface area contributed by atoms with Crippen LogP contribution >= 0.6 is 22.9 Å². The van der Waals surface area contributed by atoms with Crippen LogP contribution in [0, 0.1) is 6.92 Å². The summed E-state index contributed by atoms with van der Waals surface area (Å²) in [5.41, 5.74) is 2.49. The molecule has 0 saturated heterocycles. The summed E-state index contributed by atoms with van der Waals surface area (Å²) in [5, 5.41) is 15.1. The topological polar surface area (TPSA) is 84.0 Å². The van der Waals surface area contributed by atoms with Crippen LogP contribution in [0.4, 0.5) is 5.13 Å². The molecule has 0 radical (unpaired) electrons. The second-order valence-corrected chi connectivity index (χ2v) is 7.39. The van der Waals surface area contributed by atoms with Crippen molar-refractivity contribution in [1.29, 1.82) is 0 Å². The molecule has 0 aliphatic rings. The fraction of sp³-hybridized carbons (Fsp3) is 0.158. The summed E-state index contributed by atoms with van der Waals surface area (Å²) < 4.78 is 0. The van der Waals surface area contributed by atoms with E-state index < -0.39 is 6.04 Å². The highest BCUT2D eigenvalue weighted by Crippen LogP contribution is 2.26. The summed E-state index contributed by atoms with van der Waals surface area (Å²) in [6.07, 6.45) is 0. The Bertz CT molecular complexity index is 972. The van der Waals surface area contributed by atoms with Crippen LogP contribution in [0.5, 0.6) is 0 Å². The van der Waals surface area contributed by atoms with Crippen LogP contribution in [0.3, 0.4) is 0 Å². The highest BCUT2D eigenvalue weighted by molar-refractivity contribution is 7.18. The SMILES string of the molecule is Cc1cccc(-c2nnc(NC(=O)C(C)NC(=O)c3ccc(Cl)cc3)s2)c1. The van der Waals surface area contributed by atoms with Gasteiger partial charge in [-0.2, -0.15) is 0 Å². The summed E-state index contributed by atoms with van der Waals surface area (Å²) in [6, 6.07) is 13.6. The van der Waals surface area contributed by atoms with Crippen molar-refractivity contribution >= 4 is 39.9 Å². The van der Waals surface area contributed by atoms with Gasteiger partial charge in [0.2, 0.25) is 11.0 Å². The van der Waals surface area contributed by atoms with E-state index in [9.17, 15) is 9.59 Å². The predicted octanol–water partition coefficient (Wildman–Crippen LogP) is 3.92. The third kappa shape index (κ3) is 4.90. The van der Waals surface area contributed by atoms with Crippen LogP contribution in [0.15, 0.2) is 48.5 Å². The van der Waals surface area contributed by atoms with Gasteiger partial charge < -0.3 is 5.32 Å². The molecule has 1 atom stereocenters. The molecule has 138 valence electrons. The van der Waals surface area contributed by atoms with E-state index in [1.165, 1.54) is 11.3 Å². The van der Waals surface area contributed by atoms with E-state index >= 15 is 0 Å². The van der Waals surface area contributed by atoms with Crippen molar-refractivity contribution in [3.05, 3.63) is 64.7 Å². The zero-order valence-corrected chi connectivity index (χ0v) is 16.3. The average Bonchev–Trinajstić information content (AvgIpc) is 3.10. The van der Waals surface area contributed by atoms with Gasteiger partial charge in [0.15, 0.2) is 0 Å². The number of hydrogen-bond donors (Lipinski definition) is 2. The molecule has 0 spiro atoms. The van der Waals surface area contributed by atoms with E-state index in [-0.39, 0.29) is 11.8 Å². The molecule has 0 bridgehead atoms. The number of halogens is 1. The van der Waals surface area contributed by atoms with Crippen molar-refractivity contribution in [2.75, 3.05) is 5.32 Å². The molecule has 1 heterocycles. The Kier molecular flexibility index (Phi) is 5.83. The number of aryl methyl sites for hydroxylation is 1. The Hall–Kier alpha value is -2.77. The lowest BCUT2D eigenvalue weighted by atomic mass is 10.1. The largest absolute Gasteiger partial charge is 0.341 e. The molecule has 2 aromatic carbocycles. The molecule has 2 N–H and O–H groups in total. The van der Waals surface area contributed by atoms with Crippen LogP contribution in [-0.2, 0) is 4.79 Å². The zero-order valence-electron chi connectivity index (χ0n) is 14.7. The van der Waals surface area contributed by atoms with Gasteiger partial charge in [-0.1, -0.05) is 46.7 Å². The summed E-state index contributed by atoms with van der Waals surface area (Å²) in [5.74, 6) is -0.726. The van der Waals surface area contributed by atoms with E-state index in [0.29, 0.717) is 20.7 Å². The molecule has 0 aliphatic heterocycles. The average molecular weight is 401 g/mol. The standard InChI is InChI=1S/C19H17ClN4O2S/c1-11-4-3-5-14(10-11)18-23-24-19(27-18)22-16(25)12(2)21-17(26)13-6-8-15(20)9-7-13/h3-10,12H,1-2H3,(H,21,26)(H,22,24,25). The number of hydrogen-bond acceptors (Lipinski definition) is 5. The minimum absolute atomic E-state index is 0.355. The summed E-state index contributed by atoms with van der Waals surface area (Å²) >= 11 is 7.09. The zero-order chi connectivity index (χ0) is 19.4. The number of benzene rings is 2. The number of aromatic nitrogens is 2. The first-order chi connectivity index (χ1) is 12.9. The molecular formula is C19H17ClN4O2S. The molecule has 27 heavy (non-hydrogen) atoms. The van der Waals surface area contributed by atoms with Crippen LogP contribution in [-0.4, -0.2) is 28.1 Å². The molecule has 2 amide bonds. The maximum absolute atomic E-state index is 12.3. The van der Waals surface area contributed by atoms with Gasteiger partial charge >= 0.3 is 0 Å². The predicted molar refractivity (Wildman–Crippen MR) is 107 cm³/mol. The van der Waals surface area contributed by atoms with E-state index in [0.717, 1.165) is 11.1 Å². The van der Waals surface area contributed by atoms with Gasteiger partial charge in [0.1, 0.15) is 11.0 Å². The third-order valence-electron chi connectivity index (χ3n) is 3.77. The van der Waals surface area contributed by atoms with Crippen LogP contribution in [0.25, 0.3) is 10.6 Å². The van der Waals surface area contributed by atoms with Crippen molar-refractivity contribution in [3.63, 3.8) is 0 Å². The van der Waals surface area contributed by atoms with Gasteiger partial charge in [-0.15, -0.1) is 10.2 Å². The van der Waals surface area contributed by atoms with Crippen molar-refractivity contribution in [1.82, 2.24) is 15.5 Å². The fourth-order valence-corrected chi connectivity index (χ4v) is 3.20. The second kappa shape index (κ2) is 8.28. The maximum Gasteiger partial charge on any atom is 0.251 e. The lowest BCUT2D eigenvalue weighted by Crippen LogP contribution is -2.41. The van der Waals surface area contributed by atoms with E-state index in [4.69, 9.17) is 11.6 Å². The normalized spacial score (nSPS) is 11.7. The molecule has 6 nitrogen and oxygen atoms in total. The van der Waals surface area contributed by atoms with Gasteiger partial charge in [-0.25, -0.2) is 0 Å². The number of carbonyl (C=O) groups is 2. The van der Waals surface area contributed by atoms with Crippen molar-refractivity contribution in [2.24, 2.45) is 0 Å². The van der Waals surface area contributed by atoms with Crippen molar-refractivity contribution in [3.8, 4) is 10.6 Å². The van der Waals surface area contributed by atoms with Gasteiger partial charge in [-0.05, 0) is 44.2 Å². The summed E-state index contributed by atoms with van der Waals surface area (Å²) in [6.45, 7) is 3.60. The smallest absolute Gasteiger partial charge is 0.251 e. The van der Waals surface area contributed by atoms with Gasteiger partial charge in [0.05, 0.1) is 0 Å². The number of carbonyl (C=O) groups excluding carboxylic acids is 2. The molecule has 3 aromatic rings. The first kappa shape index (κ1) is 19.0. The molecule has 0 fully saturated rings. The Morgan fingerprint density at radius 3 is 2.56 bits per heavy atom. The minimum atomic E-state index is -0.737. The van der Waals surface area contributed by atoms with Gasteiger partial charge in [-0.3, -0.25) is 14.9 Å². The first-order valence-corrected chi connectivity index (χ1v) is 9.39. The van der Waals surface area contributed by atoms with Gasteiger partial charge in [0.25, 0.3) is 5.91 Å². The number of nitrogens with zero attached hydrogens (tertiary/aromatic N) is 2. The van der Waals surface area contributed by atoms with Crippen LogP contribution < -0.4 is 10.6 Å². The highest BCUT2D eigenvalue weighted by Gasteiger charge is 2.18. The number of amides is 2. The lowest BCUT2D eigenvalue weighted by Gasteiger charge is -2.12. The molecule has 8 heteroatoms. The maximum atomic E-state index is 12.3. The van der Waals surface area contributed by atoms with Crippen LogP contribution in [0.2, 0.25) is 5.02 Å². The Morgan fingerprint density at radius 1 is 1.11 bits per heavy atom. The molecule has 1 unspecified atom stereocenters. The first-order valence-electron chi connectivity index (χ1n) is 8.20. The number of nitrogens with one attached hydrogen (secondary N) is 2. The molecule has 3 rings (SSSR count). The molecular weight excluding hydrogens is 384 g/mol. The molecule has 1 aromatic heterocycles. The number of rotatable bonds is 5. The summed E-state index contributed by atoms with van der Waals surface area (Å²) in [7, 11) is 0. The van der Waals surface area contributed by atoms with E-state index in [2.05, 4.69) is 20.8 Å². The van der Waals surface area contributed by atoms with E-state index in [1.807, 2.05) is 31.2 Å². The monoisotopic (exact) mass is 400 g/mol. The highest BCUT2D eigenvalue weighted by atomic mass is 35.5. The minimum Gasteiger partial charge on any atom is -0.341 e. The Morgan fingerprint density at radius 2 is 1.85 bits per heavy atom. The van der Waals surface area contributed by atoms with Gasteiger partial charge in [0, 0.05) is 16.1 Å². The summed E-state index contributed by atoms with van der Waals surface area (Å²) in [4.78, 5) is 24.5. The van der Waals surface area contributed by atoms with Crippen molar-refractivity contribution < 1.29 is 9.59 Å². The third-order valence-corrected chi connectivity index (χ3v) is 4.91. The Labute approximate surface area is 165 Å². The van der Waals surface area contributed by atoms with Crippen molar-refractivity contribution in [2.45, 2.75) is 19.9 Å². The molecule has 0 saturated carbocycles. The lowest BCUT2D eigenvalue weighted by molar-refractivity contribution is -0.117. The number of anilines is 1. The Balaban J connectivity index is 1.61. The molecule has 0 aliphatic carbocycles. The van der Waals surface area contributed by atoms with Crippen LogP contribution in [0.1, 0.15) is 22.8 Å². The fourth-order valence-electron chi connectivity index (χ4n) is 2.33. The quantitative estimate of drug-likeness (QED) is 0.679. The second-order valence-electron chi connectivity index (χ2n) is 5.97. The van der Waals surface area contributed by atoms with E-state index in [1.54, 1.807) is 31.2 Å².